The normalized spacial score (nSPS) is 10.7. The summed E-state index contributed by atoms with van der Waals surface area (Å²) in [5.74, 6) is -1.60. The van der Waals surface area contributed by atoms with Crippen LogP contribution in [0.1, 0.15) is 16.7 Å². The summed E-state index contributed by atoms with van der Waals surface area (Å²) < 4.78 is 15.6. The first-order valence-corrected chi connectivity index (χ1v) is 10.9. The number of methoxy groups -OCH3 is 1. The molecular weight excluding hydrogens is 479 g/mol. The lowest BCUT2D eigenvalue weighted by molar-refractivity contribution is -0.136. The minimum Gasteiger partial charge on any atom is -0.466 e. The maximum Gasteiger partial charge on any atom is 0.330 e. The third kappa shape index (κ3) is 7.76. The molecule has 34 heavy (non-hydrogen) atoms. The molecule has 6 nitrogen and oxygen atoms in total. The van der Waals surface area contributed by atoms with E-state index in [1.54, 1.807) is 54.6 Å². The Hall–Kier alpha value is -3.61. The van der Waals surface area contributed by atoms with Crippen LogP contribution >= 0.6 is 23.2 Å². The molecule has 0 N–H and O–H groups in total. The van der Waals surface area contributed by atoms with Gasteiger partial charge in [0.25, 0.3) is 0 Å². The topological polar surface area (TPSA) is 78.9 Å². The molecule has 0 bridgehead atoms. The predicted octanol–water partition coefficient (Wildman–Crippen LogP) is 5.48. The second-order valence-electron chi connectivity index (χ2n) is 7.12. The molecule has 0 radical (unpaired) electrons. The van der Waals surface area contributed by atoms with E-state index in [-0.39, 0.29) is 24.3 Å². The third-order valence-corrected chi connectivity index (χ3v) is 4.97. The van der Waals surface area contributed by atoms with Gasteiger partial charge in [0.15, 0.2) is 11.5 Å². The van der Waals surface area contributed by atoms with Crippen molar-refractivity contribution in [3.63, 3.8) is 0 Å². The lowest BCUT2D eigenvalue weighted by Crippen LogP contribution is -2.15. The highest BCUT2D eigenvalue weighted by atomic mass is 35.5. The Kier molecular flexibility index (Phi) is 8.85. The number of benzene rings is 3. The fourth-order valence-corrected chi connectivity index (χ4v) is 3.40. The molecule has 0 aromatic heterocycles. The number of rotatable bonds is 8. The smallest absolute Gasteiger partial charge is 0.330 e. The molecule has 3 aromatic rings. The van der Waals surface area contributed by atoms with Crippen molar-refractivity contribution in [2.45, 2.75) is 12.8 Å². The van der Waals surface area contributed by atoms with E-state index in [4.69, 9.17) is 32.7 Å². The molecule has 0 amide bonds. The molecule has 0 atom stereocenters. The van der Waals surface area contributed by atoms with Crippen LogP contribution in [-0.4, -0.2) is 25.0 Å². The molecule has 3 rings (SSSR count). The van der Waals surface area contributed by atoms with Crippen molar-refractivity contribution in [2.24, 2.45) is 0 Å². The Morgan fingerprint density at radius 2 is 1.32 bits per heavy atom. The molecule has 0 spiro atoms. The molecule has 8 heteroatoms. The van der Waals surface area contributed by atoms with Gasteiger partial charge in [0.2, 0.25) is 0 Å². The minimum absolute atomic E-state index is 0.0264. The van der Waals surface area contributed by atoms with Gasteiger partial charge in [-0.05, 0) is 59.2 Å². The Morgan fingerprint density at radius 1 is 0.765 bits per heavy atom. The van der Waals surface area contributed by atoms with Crippen LogP contribution in [0.3, 0.4) is 0 Å². The van der Waals surface area contributed by atoms with Crippen molar-refractivity contribution in [3.05, 3.63) is 99.5 Å². The lowest BCUT2D eigenvalue weighted by atomic mass is 10.1. The molecule has 0 heterocycles. The van der Waals surface area contributed by atoms with Gasteiger partial charge < -0.3 is 14.2 Å². The van der Waals surface area contributed by atoms with Crippen molar-refractivity contribution in [3.8, 4) is 11.5 Å². The first-order valence-electron chi connectivity index (χ1n) is 10.1. The Morgan fingerprint density at radius 3 is 1.85 bits per heavy atom. The van der Waals surface area contributed by atoms with Crippen LogP contribution in [0, 0.1) is 0 Å². The Bertz CT molecular complexity index is 1240. The summed E-state index contributed by atoms with van der Waals surface area (Å²) in [6.07, 6.45) is 2.63. The van der Waals surface area contributed by atoms with Gasteiger partial charge in [0.05, 0.1) is 20.0 Å². The second-order valence-corrected chi connectivity index (χ2v) is 8.00. The molecule has 0 fully saturated rings. The zero-order chi connectivity index (χ0) is 24.5. The van der Waals surface area contributed by atoms with Crippen LogP contribution in [-0.2, 0) is 32.0 Å². The number of halogens is 2. The largest absolute Gasteiger partial charge is 0.466 e. The zero-order valence-electron chi connectivity index (χ0n) is 18.1. The molecule has 0 aliphatic heterocycles. The number of carbonyl (C=O) groups is 3. The zero-order valence-corrected chi connectivity index (χ0v) is 19.6. The number of esters is 3. The van der Waals surface area contributed by atoms with Crippen LogP contribution in [0.15, 0.2) is 72.8 Å². The molecule has 0 aliphatic rings. The minimum atomic E-state index is -0.580. The average Bonchev–Trinajstić information content (AvgIpc) is 2.78. The molecule has 3 aromatic carbocycles. The summed E-state index contributed by atoms with van der Waals surface area (Å²) in [7, 11) is 1.26. The van der Waals surface area contributed by atoms with Gasteiger partial charge in [-0.25, -0.2) is 4.79 Å². The van der Waals surface area contributed by atoms with Crippen molar-refractivity contribution >= 4 is 47.2 Å². The van der Waals surface area contributed by atoms with E-state index >= 15 is 0 Å². The fourth-order valence-electron chi connectivity index (χ4n) is 2.97. The van der Waals surface area contributed by atoms with Crippen molar-refractivity contribution in [1.29, 1.82) is 0 Å². The number of hydrogen-bond acceptors (Lipinski definition) is 6. The van der Waals surface area contributed by atoms with Crippen LogP contribution in [0.2, 0.25) is 10.0 Å². The van der Waals surface area contributed by atoms with Crippen LogP contribution < -0.4 is 9.47 Å². The van der Waals surface area contributed by atoms with Gasteiger partial charge in [0.1, 0.15) is 0 Å². The van der Waals surface area contributed by atoms with E-state index in [1.165, 1.54) is 31.4 Å². The lowest BCUT2D eigenvalue weighted by Gasteiger charge is -2.12. The molecule has 0 unspecified atom stereocenters. The Labute approximate surface area is 206 Å². The van der Waals surface area contributed by atoms with E-state index < -0.39 is 17.9 Å². The molecule has 0 saturated carbocycles. The van der Waals surface area contributed by atoms with E-state index in [2.05, 4.69) is 4.74 Å². The van der Waals surface area contributed by atoms with Gasteiger partial charge in [-0.15, -0.1) is 0 Å². The molecule has 0 saturated heterocycles. The van der Waals surface area contributed by atoms with E-state index in [0.29, 0.717) is 26.7 Å². The average molecular weight is 499 g/mol. The van der Waals surface area contributed by atoms with Gasteiger partial charge in [-0.1, -0.05) is 53.5 Å². The summed E-state index contributed by atoms with van der Waals surface area (Å²) in [5.41, 5.74) is 1.87. The number of hydrogen-bond donors (Lipinski definition) is 0. The summed E-state index contributed by atoms with van der Waals surface area (Å²) in [5, 5.41) is 0.999. The maximum atomic E-state index is 12.6. The summed E-state index contributed by atoms with van der Waals surface area (Å²) >= 11 is 11.9. The maximum absolute atomic E-state index is 12.6. The van der Waals surface area contributed by atoms with E-state index in [9.17, 15) is 14.4 Å². The highest BCUT2D eigenvalue weighted by Crippen LogP contribution is 2.30. The van der Waals surface area contributed by atoms with Crippen molar-refractivity contribution in [2.75, 3.05) is 7.11 Å². The summed E-state index contributed by atoms with van der Waals surface area (Å²) in [4.78, 5) is 36.5. The monoisotopic (exact) mass is 498 g/mol. The highest BCUT2D eigenvalue weighted by molar-refractivity contribution is 6.30. The van der Waals surface area contributed by atoms with E-state index in [0.717, 1.165) is 0 Å². The third-order valence-electron chi connectivity index (χ3n) is 4.50. The van der Waals surface area contributed by atoms with Crippen LogP contribution in [0.4, 0.5) is 0 Å². The van der Waals surface area contributed by atoms with Crippen molar-refractivity contribution in [1.82, 2.24) is 0 Å². The molecule has 174 valence electrons. The predicted molar refractivity (Wildman–Crippen MR) is 129 cm³/mol. The Balaban J connectivity index is 1.80. The number of ether oxygens (including phenoxy) is 3. The first-order chi connectivity index (χ1) is 16.3. The van der Waals surface area contributed by atoms with E-state index in [1.807, 2.05) is 0 Å². The molecule has 0 aliphatic carbocycles. The van der Waals surface area contributed by atoms with Crippen LogP contribution in [0.5, 0.6) is 11.5 Å². The SMILES string of the molecule is COC(=O)/C=C/c1ccc(OC(=O)Cc2cccc(Cl)c2)c(OC(=O)Cc2cccc(Cl)c2)c1. The second kappa shape index (κ2) is 12.0. The fraction of sp³-hybridized carbons (Fsp3) is 0.115. The number of carbonyl (C=O) groups excluding carboxylic acids is 3. The van der Waals surface area contributed by atoms with Gasteiger partial charge in [0, 0.05) is 16.1 Å². The first kappa shape index (κ1) is 25.0. The highest BCUT2D eigenvalue weighted by Gasteiger charge is 2.16. The standard InChI is InChI=1S/C26H20Cl2O6/c1-32-24(29)11-9-17-8-10-22(33-25(30)15-18-4-2-6-20(27)12-18)23(14-17)34-26(31)16-19-5-3-7-21(28)13-19/h2-14H,15-16H2,1H3/b11-9+. The summed E-state index contributed by atoms with van der Waals surface area (Å²) in [6, 6.07) is 18.2. The molecular formula is C26H20Cl2O6. The van der Waals surface area contributed by atoms with Crippen LogP contribution in [0.25, 0.3) is 6.08 Å². The van der Waals surface area contributed by atoms with Crippen molar-refractivity contribution < 1.29 is 28.6 Å². The summed E-state index contributed by atoms with van der Waals surface area (Å²) in [6.45, 7) is 0. The van der Waals surface area contributed by atoms with Gasteiger partial charge in [-0.3, -0.25) is 9.59 Å². The van der Waals surface area contributed by atoms with Gasteiger partial charge >= 0.3 is 17.9 Å². The van der Waals surface area contributed by atoms with Gasteiger partial charge in [-0.2, -0.15) is 0 Å². The quantitative estimate of drug-likeness (QED) is 0.232.